The summed E-state index contributed by atoms with van der Waals surface area (Å²) in [6.45, 7) is 1.40. The van der Waals surface area contributed by atoms with E-state index in [2.05, 4.69) is 0 Å². The summed E-state index contributed by atoms with van der Waals surface area (Å²) in [6, 6.07) is 0. The fourth-order valence-corrected chi connectivity index (χ4v) is 3.26. The van der Waals surface area contributed by atoms with Crippen LogP contribution in [0.25, 0.3) is 0 Å². The number of hydrogen-bond donors (Lipinski definition) is 0. The molecule has 0 unspecified atom stereocenters. The van der Waals surface area contributed by atoms with Gasteiger partial charge in [0.25, 0.3) is 0 Å². The Labute approximate surface area is 81.6 Å². The minimum Gasteiger partial charge on any atom is -0.458 e. The molecule has 3 aliphatic rings. The molecule has 14 heavy (non-hydrogen) atoms. The van der Waals surface area contributed by atoms with Crippen molar-refractivity contribution in [3.8, 4) is 0 Å². The van der Waals surface area contributed by atoms with Crippen LogP contribution in [0.15, 0.2) is 0 Å². The molecule has 0 aromatic rings. The maximum Gasteiger partial charge on any atom is 0.309 e. The van der Waals surface area contributed by atoms with Gasteiger partial charge < -0.3 is 9.47 Å². The molecule has 1 saturated heterocycles. The minimum absolute atomic E-state index is 0.0860. The molecular formula is C10H12O4. The predicted octanol–water partition coefficient (Wildman–Crippen LogP) is 0.499. The van der Waals surface area contributed by atoms with E-state index in [4.69, 9.17) is 9.47 Å². The van der Waals surface area contributed by atoms with Gasteiger partial charge in [-0.3, -0.25) is 9.59 Å². The van der Waals surface area contributed by atoms with Crippen LogP contribution >= 0.6 is 0 Å². The Morgan fingerprint density at radius 1 is 1.50 bits per heavy atom. The second kappa shape index (κ2) is 2.49. The third kappa shape index (κ3) is 0.885. The van der Waals surface area contributed by atoms with Gasteiger partial charge >= 0.3 is 11.9 Å². The maximum absolute atomic E-state index is 11.4. The molecular weight excluding hydrogens is 184 g/mol. The lowest BCUT2D eigenvalue weighted by Crippen LogP contribution is -2.35. The molecule has 0 N–H and O–H groups in total. The van der Waals surface area contributed by atoms with Crippen molar-refractivity contribution < 1.29 is 19.1 Å². The first kappa shape index (κ1) is 8.26. The number of hydrogen-bond acceptors (Lipinski definition) is 4. The number of esters is 2. The van der Waals surface area contributed by atoms with E-state index in [1.54, 1.807) is 0 Å². The van der Waals surface area contributed by atoms with Gasteiger partial charge in [0.2, 0.25) is 0 Å². The zero-order chi connectivity index (χ0) is 9.87. The Hall–Kier alpha value is -1.06. The molecule has 0 spiro atoms. The average molecular weight is 196 g/mol. The van der Waals surface area contributed by atoms with E-state index >= 15 is 0 Å². The Morgan fingerprint density at radius 2 is 2.29 bits per heavy atom. The van der Waals surface area contributed by atoms with Gasteiger partial charge in [0.15, 0.2) is 0 Å². The molecule has 3 fully saturated rings. The highest BCUT2D eigenvalue weighted by Gasteiger charge is 2.63. The second-order valence-electron chi connectivity index (χ2n) is 4.48. The Bertz CT molecular complexity index is 311. The van der Waals surface area contributed by atoms with Gasteiger partial charge in [0.1, 0.15) is 12.2 Å². The van der Waals surface area contributed by atoms with Crippen molar-refractivity contribution in [2.75, 3.05) is 0 Å². The van der Waals surface area contributed by atoms with Crippen LogP contribution in [0.3, 0.4) is 0 Å². The fraction of sp³-hybridized carbons (Fsp3) is 0.800. The molecule has 0 radical (unpaired) electrons. The molecule has 3 rings (SSSR count). The highest BCUT2D eigenvalue weighted by molar-refractivity contribution is 5.77. The summed E-state index contributed by atoms with van der Waals surface area (Å²) in [5.41, 5.74) is 0. The second-order valence-corrected chi connectivity index (χ2v) is 4.48. The van der Waals surface area contributed by atoms with Crippen LogP contribution in [0.1, 0.15) is 19.8 Å². The van der Waals surface area contributed by atoms with Gasteiger partial charge in [0, 0.05) is 18.8 Å². The molecule has 76 valence electrons. The van der Waals surface area contributed by atoms with Gasteiger partial charge in [-0.15, -0.1) is 0 Å². The van der Waals surface area contributed by atoms with Gasteiger partial charge in [-0.1, -0.05) is 0 Å². The highest BCUT2D eigenvalue weighted by atomic mass is 16.6. The van der Waals surface area contributed by atoms with Crippen molar-refractivity contribution in [3.63, 3.8) is 0 Å². The van der Waals surface area contributed by atoms with Crippen LogP contribution in [0.5, 0.6) is 0 Å². The molecule has 1 aliphatic heterocycles. The molecule has 0 aromatic heterocycles. The fourth-order valence-electron chi connectivity index (χ4n) is 3.26. The van der Waals surface area contributed by atoms with Crippen LogP contribution in [-0.4, -0.2) is 24.1 Å². The Kier molecular flexibility index (Phi) is 1.47. The van der Waals surface area contributed by atoms with Crippen molar-refractivity contribution in [3.05, 3.63) is 0 Å². The summed E-state index contributed by atoms with van der Waals surface area (Å²) in [7, 11) is 0. The number of ether oxygens (including phenoxy) is 2. The van der Waals surface area contributed by atoms with Crippen molar-refractivity contribution in [2.45, 2.75) is 32.0 Å². The van der Waals surface area contributed by atoms with Gasteiger partial charge in [-0.05, 0) is 12.8 Å². The molecule has 4 nitrogen and oxygen atoms in total. The van der Waals surface area contributed by atoms with E-state index in [1.165, 1.54) is 6.92 Å². The number of fused-ring (bicyclic) bond motifs is 1. The van der Waals surface area contributed by atoms with Crippen molar-refractivity contribution in [2.24, 2.45) is 17.8 Å². The number of carbonyl (C=O) groups is 2. The van der Waals surface area contributed by atoms with Crippen LogP contribution in [0.2, 0.25) is 0 Å². The molecule has 2 saturated carbocycles. The topological polar surface area (TPSA) is 52.6 Å². The van der Waals surface area contributed by atoms with E-state index in [0.29, 0.717) is 11.8 Å². The highest BCUT2D eigenvalue weighted by Crippen LogP contribution is 2.55. The summed E-state index contributed by atoms with van der Waals surface area (Å²) in [5, 5.41) is 0. The normalized spacial score (nSPS) is 48.1. The maximum atomic E-state index is 11.4. The molecule has 0 aromatic carbocycles. The van der Waals surface area contributed by atoms with Crippen LogP contribution < -0.4 is 0 Å². The first-order valence-electron chi connectivity index (χ1n) is 5.04. The Morgan fingerprint density at radius 3 is 3.00 bits per heavy atom. The first-order chi connectivity index (χ1) is 6.66. The van der Waals surface area contributed by atoms with E-state index in [9.17, 15) is 9.59 Å². The molecule has 4 heteroatoms. The lowest BCUT2D eigenvalue weighted by Gasteiger charge is -2.24. The van der Waals surface area contributed by atoms with E-state index in [0.717, 1.165) is 12.8 Å². The van der Waals surface area contributed by atoms with Crippen LogP contribution in [-0.2, 0) is 19.1 Å². The third-order valence-electron chi connectivity index (χ3n) is 3.72. The lowest BCUT2D eigenvalue weighted by atomic mass is 9.88. The summed E-state index contributed by atoms with van der Waals surface area (Å²) in [4.78, 5) is 22.2. The number of rotatable bonds is 1. The summed E-state index contributed by atoms with van der Waals surface area (Å²) in [6.07, 6.45) is 1.52. The summed E-state index contributed by atoms with van der Waals surface area (Å²) >= 11 is 0. The first-order valence-corrected chi connectivity index (χ1v) is 5.04. The van der Waals surface area contributed by atoms with Crippen LogP contribution in [0.4, 0.5) is 0 Å². The lowest BCUT2D eigenvalue weighted by molar-refractivity contribution is -0.159. The zero-order valence-corrected chi connectivity index (χ0v) is 7.93. The predicted molar refractivity (Wildman–Crippen MR) is 45.1 cm³/mol. The molecule has 5 atom stereocenters. The van der Waals surface area contributed by atoms with Crippen LogP contribution in [0, 0.1) is 17.8 Å². The molecule has 2 aliphatic carbocycles. The Balaban J connectivity index is 1.85. The van der Waals surface area contributed by atoms with E-state index in [-0.39, 0.29) is 30.1 Å². The number of carbonyl (C=O) groups excluding carboxylic acids is 2. The SMILES string of the molecule is CC(=O)O[C@H]1[C@H]2C[C@H]3[C@@H]1OC(=O)[C@H]3C2. The zero-order valence-electron chi connectivity index (χ0n) is 7.93. The van der Waals surface area contributed by atoms with Gasteiger partial charge in [-0.2, -0.15) is 0 Å². The summed E-state index contributed by atoms with van der Waals surface area (Å²) in [5.74, 6) is 0.401. The molecule has 2 bridgehead atoms. The van der Waals surface area contributed by atoms with Gasteiger partial charge in [0.05, 0.1) is 5.92 Å². The third-order valence-corrected chi connectivity index (χ3v) is 3.72. The molecule has 0 amide bonds. The van der Waals surface area contributed by atoms with Crippen molar-refractivity contribution in [1.29, 1.82) is 0 Å². The smallest absolute Gasteiger partial charge is 0.309 e. The monoisotopic (exact) mass is 196 g/mol. The summed E-state index contributed by atoms with van der Waals surface area (Å²) < 4.78 is 10.4. The average Bonchev–Trinajstić information content (AvgIpc) is 2.67. The van der Waals surface area contributed by atoms with E-state index < -0.39 is 0 Å². The molecule has 1 heterocycles. The minimum atomic E-state index is -0.276. The van der Waals surface area contributed by atoms with Gasteiger partial charge in [-0.25, -0.2) is 0 Å². The standard InChI is InChI=1S/C10H12O4/c1-4(11)13-8-5-2-6-7(3-5)10(12)14-9(6)8/h5-9H,2-3H2,1H3/t5-,6+,7-,8-,9-/m0/s1. The quantitative estimate of drug-likeness (QED) is 0.573. The van der Waals surface area contributed by atoms with E-state index in [1.807, 2.05) is 0 Å². The van der Waals surface area contributed by atoms with Crippen molar-refractivity contribution >= 4 is 11.9 Å². The largest absolute Gasteiger partial charge is 0.458 e. The van der Waals surface area contributed by atoms with Crippen molar-refractivity contribution in [1.82, 2.24) is 0 Å².